The van der Waals surface area contributed by atoms with Crippen molar-refractivity contribution in [2.24, 2.45) is 0 Å². The molecular formula is C20H18BrN5O3. The third-order valence-electron chi connectivity index (χ3n) is 4.57. The van der Waals surface area contributed by atoms with Crippen LogP contribution in [-0.4, -0.2) is 33.2 Å². The number of carbonyl (C=O) groups is 2. The van der Waals surface area contributed by atoms with Crippen molar-refractivity contribution in [3.63, 3.8) is 0 Å². The van der Waals surface area contributed by atoms with E-state index in [0.29, 0.717) is 11.7 Å². The van der Waals surface area contributed by atoms with Gasteiger partial charge in [0.1, 0.15) is 12.1 Å². The highest BCUT2D eigenvalue weighted by molar-refractivity contribution is 9.10. The number of carbonyl (C=O) groups excluding carboxylic acids is 2. The fraction of sp³-hybridized carbons (Fsp3) is 0.200. The normalized spacial score (nSPS) is 15.4. The van der Waals surface area contributed by atoms with Crippen LogP contribution >= 0.6 is 15.9 Å². The Hall–Kier alpha value is -3.20. The molecule has 2 amide bonds. The number of amides is 2. The summed E-state index contributed by atoms with van der Waals surface area (Å²) < 4.78 is 8.29. The van der Waals surface area contributed by atoms with Gasteiger partial charge >= 0.3 is 0 Å². The van der Waals surface area contributed by atoms with E-state index in [-0.39, 0.29) is 30.9 Å². The molecule has 1 aromatic heterocycles. The molecule has 0 unspecified atom stereocenters. The molecule has 2 heterocycles. The third-order valence-corrected chi connectivity index (χ3v) is 5.07. The van der Waals surface area contributed by atoms with E-state index in [1.165, 1.54) is 6.33 Å². The molecule has 1 atom stereocenters. The van der Waals surface area contributed by atoms with Gasteiger partial charge in [0.05, 0.1) is 12.5 Å². The minimum atomic E-state index is -0.274. The van der Waals surface area contributed by atoms with Gasteiger partial charge in [-0.05, 0) is 48.4 Å². The van der Waals surface area contributed by atoms with Crippen LogP contribution in [0.4, 0.5) is 11.6 Å². The number of aryl methyl sites for hydroxylation is 1. The van der Waals surface area contributed by atoms with Gasteiger partial charge in [0.15, 0.2) is 6.61 Å². The maximum absolute atomic E-state index is 12.3. The first-order chi connectivity index (χ1) is 14.0. The quantitative estimate of drug-likeness (QED) is 0.614. The highest BCUT2D eigenvalue weighted by atomic mass is 79.9. The number of nitrogens with zero attached hydrogens (tertiary/aromatic N) is 3. The zero-order valence-corrected chi connectivity index (χ0v) is 17.1. The van der Waals surface area contributed by atoms with Crippen molar-refractivity contribution < 1.29 is 14.3 Å². The minimum Gasteiger partial charge on any atom is -0.484 e. The van der Waals surface area contributed by atoms with Crippen molar-refractivity contribution in [3.8, 4) is 5.75 Å². The predicted octanol–water partition coefficient (Wildman–Crippen LogP) is 3.30. The number of hydrogen-bond acceptors (Lipinski definition) is 5. The number of nitrogens with one attached hydrogen (secondary N) is 2. The molecule has 0 fully saturated rings. The molecular weight excluding hydrogens is 438 g/mol. The second-order valence-electron chi connectivity index (χ2n) is 6.66. The summed E-state index contributed by atoms with van der Waals surface area (Å²) >= 11 is 3.40. The van der Waals surface area contributed by atoms with Crippen LogP contribution in [0.1, 0.15) is 23.6 Å². The SMILES string of the molecule is Cc1cc(Br)ccc1NC(=O)COc1cccc([C@H]2CC(=O)Nc3ncnn32)c1. The summed E-state index contributed by atoms with van der Waals surface area (Å²) in [4.78, 5) is 28.3. The lowest BCUT2D eigenvalue weighted by Gasteiger charge is -2.24. The van der Waals surface area contributed by atoms with E-state index in [0.717, 1.165) is 21.3 Å². The van der Waals surface area contributed by atoms with Crippen molar-refractivity contribution in [1.29, 1.82) is 0 Å². The summed E-state index contributed by atoms with van der Waals surface area (Å²) in [7, 11) is 0. The Labute approximate surface area is 175 Å². The van der Waals surface area contributed by atoms with Crippen molar-refractivity contribution in [1.82, 2.24) is 14.8 Å². The van der Waals surface area contributed by atoms with Crippen molar-refractivity contribution >= 4 is 39.4 Å². The number of halogens is 1. The van der Waals surface area contributed by atoms with Gasteiger partial charge in [0.25, 0.3) is 5.91 Å². The Morgan fingerprint density at radius 1 is 1.34 bits per heavy atom. The maximum atomic E-state index is 12.3. The Morgan fingerprint density at radius 3 is 3.03 bits per heavy atom. The average molecular weight is 456 g/mol. The van der Waals surface area contributed by atoms with Gasteiger partial charge in [-0.3, -0.25) is 14.9 Å². The zero-order valence-electron chi connectivity index (χ0n) is 15.6. The van der Waals surface area contributed by atoms with E-state index in [9.17, 15) is 9.59 Å². The molecule has 8 nitrogen and oxygen atoms in total. The number of fused-ring (bicyclic) bond motifs is 1. The summed E-state index contributed by atoms with van der Waals surface area (Å²) in [6.45, 7) is 1.79. The first kappa shape index (κ1) is 19.1. The number of rotatable bonds is 5. The van der Waals surface area contributed by atoms with Crippen LogP contribution in [0.25, 0.3) is 0 Å². The first-order valence-corrected chi connectivity index (χ1v) is 9.77. The molecule has 4 rings (SSSR count). The summed E-state index contributed by atoms with van der Waals surface area (Å²) in [6, 6.07) is 12.7. The van der Waals surface area contributed by atoms with Gasteiger partial charge in [0, 0.05) is 10.2 Å². The van der Waals surface area contributed by atoms with Crippen LogP contribution < -0.4 is 15.4 Å². The molecule has 0 radical (unpaired) electrons. The standard InChI is InChI=1S/C20H18BrN5O3/c1-12-7-14(21)5-6-16(12)24-19(28)10-29-15-4-2-3-13(8-15)17-9-18(27)25-20-22-11-23-26(17)20/h2-8,11,17H,9-10H2,1H3,(H,24,28)(H,22,23,25,27)/t17-/m1/s1. The van der Waals surface area contributed by atoms with Crippen LogP contribution in [0.3, 0.4) is 0 Å². The summed E-state index contributed by atoms with van der Waals surface area (Å²) in [6.07, 6.45) is 1.66. The van der Waals surface area contributed by atoms with Crippen molar-refractivity contribution in [2.75, 3.05) is 17.2 Å². The molecule has 148 valence electrons. The average Bonchev–Trinajstić information content (AvgIpc) is 3.16. The Bertz CT molecular complexity index is 1080. The van der Waals surface area contributed by atoms with Crippen molar-refractivity contribution in [3.05, 3.63) is 64.4 Å². The van der Waals surface area contributed by atoms with Gasteiger partial charge in [-0.2, -0.15) is 10.1 Å². The monoisotopic (exact) mass is 455 g/mol. The van der Waals surface area contributed by atoms with Crippen LogP contribution in [0.2, 0.25) is 0 Å². The number of ether oxygens (including phenoxy) is 1. The van der Waals surface area contributed by atoms with Gasteiger partial charge in [0.2, 0.25) is 11.9 Å². The molecule has 0 spiro atoms. The predicted molar refractivity (Wildman–Crippen MR) is 111 cm³/mol. The molecule has 0 aliphatic carbocycles. The molecule has 1 aliphatic rings. The van der Waals surface area contributed by atoms with Crippen LogP contribution in [0.15, 0.2) is 53.3 Å². The summed E-state index contributed by atoms with van der Waals surface area (Å²) in [5, 5.41) is 9.73. The van der Waals surface area contributed by atoms with E-state index in [4.69, 9.17) is 4.74 Å². The van der Waals surface area contributed by atoms with E-state index in [1.807, 2.05) is 43.3 Å². The van der Waals surface area contributed by atoms with E-state index < -0.39 is 0 Å². The molecule has 3 aromatic rings. The number of anilines is 2. The fourth-order valence-corrected chi connectivity index (χ4v) is 3.65. The Kier molecular flexibility index (Phi) is 5.30. The van der Waals surface area contributed by atoms with Gasteiger partial charge in [-0.15, -0.1) is 0 Å². The Morgan fingerprint density at radius 2 is 2.21 bits per heavy atom. The lowest BCUT2D eigenvalue weighted by atomic mass is 10.0. The first-order valence-electron chi connectivity index (χ1n) is 8.98. The number of aromatic nitrogens is 3. The van der Waals surface area contributed by atoms with Crippen LogP contribution in [-0.2, 0) is 9.59 Å². The van der Waals surface area contributed by atoms with Crippen LogP contribution in [0.5, 0.6) is 5.75 Å². The number of hydrogen-bond donors (Lipinski definition) is 2. The second-order valence-corrected chi connectivity index (χ2v) is 7.58. The fourth-order valence-electron chi connectivity index (χ4n) is 3.18. The molecule has 29 heavy (non-hydrogen) atoms. The molecule has 0 bridgehead atoms. The van der Waals surface area contributed by atoms with E-state index in [1.54, 1.807) is 10.7 Å². The maximum Gasteiger partial charge on any atom is 0.262 e. The molecule has 2 N–H and O–H groups in total. The lowest BCUT2D eigenvalue weighted by molar-refractivity contribution is -0.118. The van der Waals surface area contributed by atoms with Gasteiger partial charge in [-0.1, -0.05) is 28.1 Å². The largest absolute Gasteiger partial charge is 0.484 e. The third kappa shape index (κ3) is 4.29. The van der Waals surface area contributed by atoms with E-state index in [2.05, 4.69) is 36.6 Å². The molecule has 2 aromatic carbocycles. The van der Waals surface area contributed by atoms with Gasteiger partial charge < -0.3 is 10.1 Å². The highest BCUT2D eigenvalue weighted by Crippen LogP contribution is 2.30. The Balaban J connectivity index is 1.43. The topological polar surface area (TPSA) is 98.1 Å². The van der Waals surface area contributed by atoms with E-state index >= 15 is 0 Å². The molecule has 1 aliphatic heterocycles. The summed E-state index contributed by atoms with van der Waals surface area (Å²) in [5.74, 6) is 0.585. The van der Waals surface area contributed by atoms with Gasteiger partial charge in [-0.25, -0.2) is 4.68 Å². The smallest absolute Gasteiger partial charge is 0.262 e. The number of benzene rings is 2. The minimum absolute atomic E-state index is 0.119. The zero-order chi connectivity index (χ0) is 20.4. The lowest BCUT2D eigenvalue weighted by Crippen LogP contribution is -2.29. The second kappa shape index (κ2) is 8.04. The van der Waals surface area contributed by atoms with Crippen LogP contribution in [0, 0.1) is 6.92 Å². The molecule has 0 saturated carbocycles. The van der Waals surface area contributed by atoms with Crippen molar-refractivity contribution in [2.45, 2.75) is 19.4 Å². The highest BCUT2D eigenvalue weighted by Gasteiger charge is 2.27. The summed E-state index contributed by atoms with van der Waals surface area (Å²) in [5.41, 5.74) is 2.55. The molecule has 9 heteroatoms. The molecule has 0 saturated heterocycles.